The summed E-state index contributed by atoms with van der Waals surface area (Å²) in [5.41, 5.74) is 1.12. The molecule has 0 aliphatic carbocycles. The summed E-state index contributed by atoms with van der Waals surface area (Å²) in [6.45, 7) is 9.14. The first kappa shape index (κ1) is 19.9. The van der Waals surface area contributed by atoms with Gasteiger partial charge in [0, 0.05) is 57.3 Å². The summed E-state index contributed by atoms with van der Waals surface area (Å²) in [7, 11) is 1.90. The molecule has 2 aliphatic heterocycles. The number of rotatable bonds is 5. The van der Waals surface area contributed by atoms with Crippen LogP contribution < -0.4 is 10.6 Å². The minimum Gasteiger partial charge on any atom is -0.353 e. The molecule has 0 radical (unpaired) electrons. The first-order valence-corrected chi connectivity index (χ1v) is 10.1. The lowest BCUT2D eigenvalue weighted by Crippen LogP contribution is -2.47. The van der Waals surface area contributed by atoms with Crippen molar-refractivity contribution in [3.05, 3.63) is 18.0 Å². The lowest BCUT2D eigenvalue weighted by molar-refractivity contribution is -0.139. The van der Waals surface area contributed by atoms with Gasteiger partial charge in [-0.15, -0.1) is 0 Å². The molecule has 1 unspecified atom stereocenters. The highest BCUT2D eigenvalue weighted by molar-refractivity contribution is 5.82. The molecule has 0 spiro atoms. The molecular formula is C20H33N5O2. The minimum atomic E-state index is -0.0412. The fourth-order valence-corrected chi connectivity index (χ4v) is 4.03. The van der Waals surface area contributed by atoms with Crippen LogP contribution in [0.25, 0.3) is 0 Å². The Morgan fingerprint density at radius 2 is 1.93 bits per heavy atom. The van der Waals surface area contributed by atoms with Crippen LogP contribution in [0.2, 0.25) is 0 Å². The third-order valence-electron chi connectivity index (χ3n) is 6.23. The van der Waals surface area contributed by atoms with Gasteiger partial charge in [0.25, 0.3) is 0 Å². The molecule has 7 nitrogen and oxygen atoms in total. The van der Waals surface area contributed by atoms with Crippen LogP contribution in [0.4, 0.5) is 0 Å². The number of hydrogen-bond acceptors (Lipinski definition) is 4. The second kappa shape index (κ2) is 8.42. The van der Waals surface area contributed by atoms with E-state index in [0.717, 1.165) is 24.9 Å². The average Bonchev–Trinajstić information content (AvgIpc) is 3.29. The lowest BCUT2D eigenvalue weighted by Gasteiger charge is -2.34. The van der Waals surface area contributed by atoms with Crippen LogP contribution in [0, 0.1) is 17.8 Å². The number of nitrogens with one attached hydrogen (secondary N) is 2. The normalized spacial score (nSPS) is 25.0. The molecule has 2 fully saturated rings. The first-order chi connectivity index (χ1) is 12.9. The van der Waals surface area contributed by atoms with Crippen molar-refractivity contribution in [3.8, 4) is 0 Å². The van der Waals surface area contributed by atoms with Crippen LogP contribution in [0.1, 0.15) is 45.1 Å². The van der Waals surface area contributed by atoms with Gasteiger partial charge in [-0.25, -0.2) is 0 Å². The summed E-state index contributed by atoms with van der Waals surface area (Å²) >= 11 is 0. The number of amides is 2. The molecule has 2 saturated heterocycles. The van der Waals surface area contributed by atoms with Crippen molar-refractivity contribution in [2.45, 2.75) is 45.6 Å². The van der Waals surface area contributed by atoms with E-state index in [1.165, 1.54) is 0 Å². The molecule has 2 N–H and O–H groups in total. The zero-order valence-corrected chi connectivity index (χ0v) is 16.9. The Labute approximate surface area is 161 Å². The van der Waals surface area contributed by atoms with E-state index < -0.39 is 0 Å². The van der Waals surface area contributed by atoms with Gasteiger partial charge in [-0.2, -0.15) is 5.10 Å². The van der Waals surface area contributed by atoms with E-state index in [9.17, 15) is 9.59 Å². The van der Waals surface area contributed by atoms with Crippen molar-refractivity contribution in [2.75, 3.05) is 26.2 Å². The van der Waals surface area contributed by atoms with Gasteiger partial charge < -0.3 is 15.5 Å². The van der Waals surface area contributed by atoms with Crippen molar-refractivity contribution in [1.82, 2.24) is 25.3 Å². The predicted molar refractivity (Wildman–Crippen MR) is 104 cm³/mol. The fraction of sp³-hybridized carbons (Fsp3) is 0.750. The number of likely N-dealkylation sites (tertiary alicyclic amines) is 1. The summed E-state index contributed by atoms with van der Waals surface area (Å²) in [5.74, 6) is 0.933. The number of aromatic nitrogens is 2. The molecule has 0 saturated carbocycles. The van der Waals surface area contributed by atoms with Gasteiger partial charge in [-0.3, -0.25) is 14.3 Å². The monoisotopic (exact) mass is 375 g/mol. The number of hydrogen-bond donors (Lipinski definition) is 2. The Kier molecular flexibility index (Phi) is 6.19. The van der Waals surface area contributed by atoms with Crippen LogP contribution in [0.3, 0.4) is 0 Å². The Hall–Kier alpha value is -1.89. The van der Waals surface area contributed by atoms with Gasteiger partial charge in [-0.05, 0) is 31.2 Å². The molecule has 3 atom stereocenters. The van der Waals surface area contributed by atoms with Crippen molar-refractivity contribution in [2.24, 2.45) is 24.8 Å². The Morgan fingerprint density at radius 3 is 2.52 bits per heavy atom. The van der Waals surface area contributed by atoms with E-state index in [2.05, 4.69) is 29.6 Å². The fourth-order valence-electron chi connectivity index (χ4n) is 4.03. The van der Waals surface area contributed by atoms with Gasteiger partial charge in [0.15, 0.2) is 0 Å². The predicted octanol–water partition coefficient (Wildman–Crippen LogP) is 1.12. The van der Waals surface area contributed by atoms with E-state index in [0.29, 0.717) is 25.6 Å². The van der Waals surface area contributed by atoms with Crippen LogP contribution >= 0.6 is 0 Å². The zero-order chi connectivity index (χ0) is 19.6. The molecule has 1 aromatic heterocycles. The van der Waals surface area contributed by atoms with Gasteiger partial charge in [0.05, 0.1) is 12.1 Å². The van der Waals surface area contributed by atoms with Gasteiger partial charge in [0.2, 0.25) is 11.8 Å². The Balaban J connectivity index is 1.54. The van der Waals surface area contributed by atoms with E-state index in [1.54, 1.807) is 4.68 Å². The quantitative estimate of drug-likeness (QED) is 0.808. The number of carbonyl (C=O) groups excluding carboxylic acids is 2. The van der Waals surface area contributed by atoms with Crippen LogP contribution in [0.15, 0.2) is 12.4 Å². The third-order valence-corrected chi connectivity index (χ3v) is 6.23. The van der Waals surface area contributed by atoms with Crippen LogP contribution in [0.5, 0.6) is 0 Å². The molecule has 3 heterocycles. The summed E-state index contributed by atoms with van der Waals surface area (Å²) in [6, 6.07) is 0.182. The number of nitrogens with zero attached hydrogens (tertiary/aromatic N) is 3. The Bertz CT molecular complexity index is 663. The van der Waals surface area contributed by atoms with E-state index in [-0.39, 0.29) is 35.6 Å². The summed E-state index contributed by atoms with van der Waals surface area (Å²) < 4.78 is 1.79. The SMILES string of the molecule is CC(C)C(C)NC(=O)C1CCN(C(=O)[C@H]2CNC[C@@H]2c2cnn(C)c2)CC1. The van der Waals surface area contributed by atoms with Gasteiger partial charge in [0.1, 0.15) is 0 Å². The lowest BCUT2D eigenvalue weighted by atomic mass is 9.88. The maximum Gasteiger partial charge on any atom is 0.227 e. The highest BCUT2D eigenvalue weighted by Crippen LogP contribution is 2.30. The number of carbonyl (C=O) groups is 2. The molecular weight excluding hydrogens is 342 g/mol. The average molecular weight is 376 g/mol. The molecule has 150 valence electrons. The van der Waals surface area contributed by atoms with Crippen LogP contribution in [-0.4, -0.2) is 58.7 Å². The van der Waals surface area contributed by atoms with Crippen molar-refractivity contribution >= 4 is 11.8 Å². The number of aryl methyl sites for hydroxylation is 1. The molecule has 3 rings (SSSR count). The Morgan fingerprint density at radius 1 is 1.22 bits per heavy atom. The zero-order valence-electron chi connectivity index (χ0n) is 16.9. The maximum atomic E-state index is 13.1. The number of piperidine rings is 1. The topological polar surface area (TPSA) is 79.3 Å². The van der Waals surface area contributed by atoms with Crippen molar-refractivity contribution in [1.29, 1.82) is 0 Å². The largest absolute Gasteiger partial charge is 0.353 e. The summed E-state index contributed by atoms with van der Waals surface area (Å²) in [4.78, 5) is 27.5. The molecule has 2 amide bonds. The first-order valence-electron chi connectivity index (χ1n) is 10.1. The van der Waals surface area contributed by atoms with Crippen molar-refractivity contribution < 1.29 is 9.59 Å². The maximum absolute atomic E-state index is 13.1. The molecule has 27 heavy (non-hydrogen) atoms. The van der Waals surface area contributed by atoms with Gasteiger partial charge >= 0.3 is 0 Å². The molecule has 0 bridgehead atoms. The molecule has 0 aromatic carbocycles. The summed E-state index contributed by atoms with van der Waals surface area (Å²) in [6.07, 6.45) is 5.37. The molecule has 1 aromatic rings. The molecule has 7 heteroatoms. The second-order valence-corrected chi connectivity index (χ2v) is 8.46. The highest BCUT2D eigenvalue weighted by Gasteiger charge is 2.38. The van der Waals surface area contributed by atoms with E-state index >= 15 is 0 Å². The van der Waals surface area contributed by atoms with E-state index in [4.69, 9.17) is 0 Å². The van der Waals surface area contributed by atoms with Crippen LogP contribution in [-0.2, 0) is 16.6 Å². The molecule has 2 aliphatic rings. The summed E-state index contributed by atoms with van der Waals surface area (Å²) in [5, 5.41) is 10.7. The van der Waals surface area contributed by atoms with Gasteiger partial charge in [-0.1, -0.05) is 13.8 Å². The smallest absolute Gasteiger partial charge is 0.227 e. The minimum absolute atomic E-state index is 0.0195. The standard InChI is InChI=1S/C20H33N5O2/c1-13(2)14(3)23-19(26)15-5-7-25(8-6-15)20(27)18-11-21-10-17(18)16-9-22-24(4)12-16/h9,12-15,17-18,21H,5-8,10-11H2,1-4H3,(H,23,26)/t14?,17-,18+/m1/s1. The second-order valence-electron chi connectivity index (χ2n) is 8.46. The highest BCUT2D eigenvalue weighted by atomic mass is 16.2. The van der Waals surface area contributed by atoms with Crippen molar-refractivity contribution in [3.63, 3.8) is 0 Å². The van der Waals surface area contributed by atoms with E-state index in [1.807, 2.05) is 31.3 Å². The third kappa shape index (κ3) is 4.51.